The van der Waals surface area contributed by atoms with Gasteiger partial charge in [-0.15, -0.1) is 6.58 Å². The monoisotopic (exact) mass is 335 g/mol. The number of nitrogens with one attached hydrogen (secondary N) is 1. The van der Waals surface area contributed by atoms with Crippen LogP contribution in [-0.4, -0.2) is 25.0 Å². The standard InChI is InChI=1S/C19H26FNO3/c1-3-4-5-6-7-8-9-17(19(23)24-2)21-18(22)14-15-10-12-16(20)13-11-15/h3,10-13,17H,1,4-9,14H2,2H3,(H,21,22)/t17-/m0/s1. The zero-order valence-corrected chi connectivity index (χ0v) is 14.2. The van der Waals surface area contributed by atoms with E-state index in [1.165, 1.54) is 19.2 Å². The Kier molecular flexibility index (Phi) is 9.42. The van der Waals surface area contributed by atoms with Crippen LogP contribution >= 0.6 is 0 Å². The largest absolute Gasteiger partial charge is 0.467 e. The average Bonchev–Trinajstić information content (AvgIpc) is 2.58. The smallest absolute Gasteiger partial charge is 0.328 e. The Morgan fingerprint density at radius 3 is 2.50 bits per heavy atom. The van der Waals surface area contributed by atoms with Gasteiger partial charge >= 0.3 is 5.97 Å². The molecule has 1 amide bonds. The minimum absolute atomic E-state index is 0.104. The van der Waals surface area contributed by atoms with E-state index in [1.54, 1.807) is 12.1 Å². The number of ether oxygens (including phenoxy) is 1. The summed E-state index contributed by atoms with van der Waals surface area (Å²) in [6.07, 6.45) is 7.54. The Morgan fingerprint density at radius 2 is 1.88 bits per heavy atom. The first-order chi connectivity index (χ1) is 11.6. The van der Waals surface area contributed by atoms with Gasteiger partial charge in [0.15, 0.2) is 0 Å². The van der Waals surface area contributed by atoms with E-state index < -0.39 is 12.0 Å². The molecule has 1 atom stereocenters. The van der Waals surface area contributed by atoms with Crippen molar-refractivity contribution in [1.29, 1.82) is 0 Å². The maximum absolute atomic E-state index is 12.9. The minimum atomic E-state index is -0.637. The van der Waals surface area contributed by atoms with Crippen LogP contribution in [0.25, 0.3) is 0 Å². The van der Waals surface area contributed by atoms with Crippen molar-refractivity contribution in [3.63, 3.8) is 0 Å². The molecule has 0 aliphatic heterocycles. The predicted octanol–water partition coefficient (Wildman–Crippen LogP) is 3.55. The van der Waals surface area contributed by atoms with E-state index >= 15 is 0 Å². The lowest BCUT2D eigenvalue weighted by atomic mass is 10.1. The summed E-state index contributed by atoms with van der Waals surface area (Å²) < 4.78 is 17.6. The second-order valence-corrected chi connectivity index (χ2v) is 5.73. The van der Waals surface area contributed by atoms with E-state index in [9.17, 15) is 14.0 Å². The number of hydrogen-bond donors (Lipinski definition) is 1. The van der Waals surface area contributed by atoms with Gasteiger partial charge in [0.05, 0.1) is 13.5 Å². The Bertz CT molecular complexity index is 528. The third-order valence-corrected chi connectivity index (χ3v) is 3.75. The molecular weight excluding hydrogens is 309 g/mol. The number of carbonyl (C=O) groups excluding carboxylic acids is 2. The fourth-order valence-corrected chi connectivity index (χ4v) is 2.41. The number of hydrogen-bond acceptors (Lipinski definition) is 3. The highest BCUT2D eigenvalue weighted by molar-refractivity contribution is 5.85. The van der Waals surface area contributed by atoms with Gasteiger partial charge in [-0.25, -0.2) is 9.18 Å². The molecule has 1 rings (SSSR count). The van der Waals surface area contributed by atoms with Crippen molar-refractivity contribution >= 4 is 11.9 Å². The van der Waals surface area contributed by atoms with Crippen molar-refractivity contribution in [1.82, 2.24) is 5.32 Å². The van der Waals surface area contributed by atoms with E-state index in [1.807, 2.05) is 6.08 Å². The number of unbranched alkanes of at least 4 members (excludes halogenated alkanes) is 4. The molecule has 132 valence electrons. The molecule has 0 saturated heterocycles. The van der Waals surface area contributed by atoms with E-state index in [2.05, 4.69) is 11.9 Å². The normalized spacial score (nSPS) is 11.6. The number of methoxy groups -OCH3 is 1. The molecule has 1 aromatic rings. The Labute approximate surface area is 143 Å². The molecule has 0 bridgehead atoms. The number of carbonyl (C=O) groups is 2. The first kappa shape index (κ1) is 19.9. The quantitative estimate of drug-likeness (QED) is 0.382. The molecular formula is C19H26FNO3. The van der Waals surface area contributed by atoms with Gasteiger partial charge in [0.2, 0.25) is 5.91 Å². The number of benzene rings is 1. The molecule has 0 heterocycles. The molecule has 24 heavy (non-hydrogen) atoms. The molecule has 0 saturated carbocycles. The van der Waals surface area contributed by atoms with Crippen LogP contribution < -0.4 is 5.32 Å². The SMILES string of the molecule is C=CCCCCCC[C@H](NC(=O)Cc1ccc(F)cc1)C(=O)OC. The summed E-state index contributed by atoms with van der Waals surface area (Å²) in [5.74, 6) is -1.06. The zero-order chi connectivity index (χ0) is 17.8. The van der Waals surface area contributed by atoms with Gasteiger partial charge in [0.25, 0.3) is 0 Å². The van der Waals surface area contributed by atoms with Crippen molar-refractivity contribution in [2.45, 2.75) is 51.0 Å². The first-order valence-electron chi connectivity index (χ1n) is 8.29. The van der Waals surface area contributed by atoms with Crippen molar-refractivity contribution < 1.29 is 18.7 Å². The third-order valence-electron chi connectivity index (χ3n) is 3.75. The fourth-order valence-electron chi connectivity index (χ4n) is 2.41. The second-order valence-electron chi connectivity index (χ2n) is 5.73. The summed E-state index contributed by atoms with van der Waals surface area (Å²) in [6.45, 7) is 3.68. The molecule has 0 fully saturated rings. The summed E-state index contributed by atoms with van der Waals surface area (Å²) in [5, 5.41) is 2.71. The van der Waals surface area contributed by atoms with Gasteiger partial charge in [-0.2, -0.15) is 0 Å². The van der Waals surface area contributed by atoms with Crippen molar-refractivity contribution in [3.05, 3.63) is 48.3 Å². The van der Waals surface area contributed by atoms with Gasteiger partial charge in [-0.1, -0.05) is 37.5 Å². The summed E-state index contributed by atoms with van der Waals surface area (Å²) >= 11 is 0. The molecule has 0 spiro atoms. The molecule has 5 heteroatoms. The molecule has 0 aliphatic rings. The lowest BCUT2D eigenvalue weighted by Gasteiger charge is -2.16. The highest BCUT2D eigenvalue weighted by Crippen LogP contribution is 2.10. The van der Waals surface area contributed by atoms with Crippen LogP contribution in [-0.2, 0) is 20.7 Å². The predicted molar refractivity (Wildman–Crippen MR) is 91.9 cm³/mol. The Balaban J connectivity index is 2.43. The minimum Gasteiger partial charge on any atom is -0.467 e. The van der Waals surface area contributed by atoms with Crippen molar-refractivity contribution in [2.24, 2.45) is 0 Å². The number of allylic oxidation sites excluding steroid dienone is 1. The van der Waals surface area contributed by atoms with E-state index in [4.69, 9.17) is 4.74 Å². The number of rotatable bonds is 11. The summed E-state index contributed by atoms with van der Waals surface area (Å²) in [7, 11) is 1.31. The summed E-state index contributed by atoms with van der Waals surface area (Å²) in [6, 6.07) is 5.10. The lowest BCUT2D eigenvalue weighted by molar-refractivity contribution is -0.145. The van der Waals surface area contributed by atoms with Gasteiger partial charge in [0, 0.05) is 0 Å². The molecule has 0 unspecified atom stereocenters. The topological polar surface area (TPSA) is 55.4 Å². The van der Waals surface area contributed by atoms with Crippen LogP contribution in [0.1, 0.15) is 44.1 Å². The highest BCUT2D eigenvalue weighted by Gasteiger charge is 2.21. The van der Waals surface area contributed by atoms with Crippen LogP contribution in [0.4, 0.5) is 4.39 Å². The Morgan fingerprint density at radius 1 is 1.21 bits per heavy atom. The molecule has 0 aromatic heterocycles. The average molecular weight is 335 g/mol. The van der Waals surface area contributed by atoms with Crippen LogP contribution in [0.3, 0.4) is 0 Å². The maximum Gasteiger partial charge on any atom is 0.328 e. The third kappa shape index (κ3) is 7.90. The fraction of sp³-hybridized carbons (Fsp3) is 0.474. The molecule has 1 N–H and O–H groups in total. The second kappa shape index (κ2) is 11.4. The van der Waals surface area contributed by atoms with Crippen LogP contribution in [0.5, 0.6) is 0 Å². The summed E-state index contributed by atoms with van der Waals surface area (Å²) in [4.78, 5) is 23.9. The number of halogens is 1. The van der Waals surface area contributed by atoms with E-state index in [-0.39, 0.29) is 18.1 Å². The molecule has 4 nitrogen and oxygen atoms in total. The summed E-state index contributed by atoms with van der Waals surface area (Å²) in [5.41, 5.74) is 0.696. The zero-order valence-electron chi connectivity index (χ0n) is 14.2. The number of esters is 1. The molecule has 1 aromatic carbocycles. The van der Waals surface area contributed by atoms with Gasteiger partial charge < -0.3 is 10.1 Å². The van der Waals surface area contributed by atoms with Crippen molar-refractivity contribution in [2.75, 3.05) is 7.11 Å². The Hall–Kier alpha value is -2.17. The van der Waals surface area contributed by atoms with Gasteiger partial charge in [0.1, 0.15) is 11.9 Å². The van der Waals surface area contributed by atoms with Gasteiger partial charge in [-0.3, -0.25) is 4.79 Å². The first-order valence-corrected chi connectivity index (χ1v) is 8.29. The van der Waals surface area contributed by atoms with Gasteiger partial charge in [-0.05, 0) is 37.0 Å². The van der Waals surface area contributed by atoms with Crippen LogP contribution in [0.15, 0.2) is 36.9 Å². The molecule has 0 radical (unpaired) electrons. The highest BCUT2D eigenvalue weighted by atomic mass is 19.1. The molecule has 0 aliphatic carbocycles. The number of amides is 1. The van der Waals surface area contributed by atoms with Crippen LogP contribution in [0, 0.1) is 5.82 Å². The lowest BCUT2D eigenvalue weighted by Crippen LogP contribution is -2.42. The van der Waals surface area contributed by atoms with E-state index in [0.717, 1.165) is 32.1 Å². The maximum atomic E-state index is 12.9. The van der Waals surface area contributed by atoms with Crippen LogP contribution in [0.2, 0.25) is 0 Å². The van der Waals surface area contributed by atoms with Crippen molar-refractivity contribution in [3.8, 4) is 0 Å². The van der Waals surface area contributed by atoms with E-state index in [0.29, 0.717) is 12.0 Å².